The highest BCUT2D eigenvalue weighted by Gasteiger charge is 2.12. The van der Waals surface area contributed by atoms with Crippen LogP contribution in [-0.4, -0.2) is 24.0 Å². The van der Waals surface area contributed by atoms with Gasteiger partial charge in [0.15, 0.2) is 5.78 Å². The topological polar surface area (TPSA) is 103 Å². The van der Waals surface area contributed by atoms with Crippen molar-refractivity contribution >= 4 is 18.0 Å². The van der Waals surface area contributed by atoms with Crippen LogP contribution in [0.4, 0.5) is 0 Å². The van der Waals surface area contributed by atoms with Crippen molar-refractivity contribution in [2.75, 3.05) is 0 Å². The smallest absolute Gasteiger partial charge is 0.217 e. The molecule has 1 atom stereocenters. The summed E-state index contributed by atoms with van der Waals surface area (Å²) in [6, 6.07) is -0.748. The predicted molar refractivity (Wildman–Crippen MR) is 42.1 cm³/mol. The fraction of sp³-hybridized carbons (Fsp3) is 0.571. The zero-order valence-corrected chi connectivity index (χ0v) is 6.66. The van der Waals surface area contributed by atoms with Gasteiger partial charge in [-0.2, -0.15) is 0 Å². The highest BCUT2D eigenvalue weighted by molar-refractivity contribution is 5.93. The van der Waals surface area contributed by atoms with E-state index in [0.29, 0.717) is 6.29 Å². The number of aldehydes is 1. The molecule has 1 amide bonds. The van der Waals surface area contributed by atoms with Crippen molar-refractivity contribution in [1.29, 1.82) is 0 Å². The third-order valence-electron chi connectivity index (χ3n) is 1.40. The molecule has 0 aliphatic rings. The highest BCUT2D eigenvalue weighted by atomic mass is 16.1. The Labute approximate surface area is 70.1 Å². The van der Waals surface area contributed by atoms with Gasteiger partial charge in [0.1, 0.15) is 6.29 Å². The Morgan fingerprint density at radius 1 is 1.42 bits per heavy atom. The van der Waals surface area contributed by atoms with Gasteiger partial charge in [-0.3, -0.25) is 9.59 Å². The molecule has 0 aliphatic carbocycles. The first-order valence-electron chi connectivity index (χ1n) is 3.58. The number of ketones is 1. The summed E-state index contributed by atoms with van der Waals surface area (Å²) in [5.74, 6) is -0.851. The largest absolute Gasteiger partial charge is 0.370 e. The standard InChI is InChI=1S/C7H12N2O3/c8-5(1-2-7(9)12)6(11)3-4-10/h4-5H,1-3,8H2,(H2,9,12)/t5-/m0/s1. The number of rotatable bonds is 6. The van der Waals surface area contributed by atoms with Crippen LogP contribution in [0.3, 0.4) is 0 Å². The number of hydrogen-bond donors (Lipinski definition) is 2. The van der Waals surface area contributed by atoms with Gasteiger partial charge in [-0.05, 0) is 6.42 Å². The summed E-state index contributed by atoms with van der Waals surface area (Å²) in [5.41, 5.74) is 10.2. The SMILES string of the molecule is NC(=O)CC[C@H](N)C(=O)CC=O. The van der Waals surface area contributed by atoms with Crippen molar-refractivity contribution in [3.8, 4) is 0 Å². The Morgan fingerprint density at radius 2 is 2.00 bits per heavy atom. The molecule has 0 spiro atoms. The number of carbonyl (C=O) groups excluding carboxylic acids is 3. The van der Waals surface area contributed by atoms with Crippen LogP contribution >= 0.6 is 0 Å². The lowest BCUT2D eigenvalue weighted by atomic mass is 10.1. The summed E-state index contributed by atoms with van der Waals surface area (Å²) in [7, 11) is 0. The molecule has 0 aromatic carbocycles. The molecule has 68 valence electrons. The van der Waals surface area contributed by atoms with E-state index in [9.17, 15) is 14.4 Å². The first-order chi connectivity index (χ1) is 5.57. The maximum Gasteiger partial charge on any atom is 0.217 e. The van der Waals surface area contributed by atoms with Gasteiger partial charge in [-0.25, -0.2) is 0 Å². The Bertz CT molecular complexity index is 191. The van der Waals surface area contributed by atoms with Crippen molar-refractivity contribution in [3.05, 3.63) is 0 Å². The number of Topliss-reactive ketones (excluding diaryl/α,β-unsaturated/α-hetero) is 1. The Kier molecular flexibility index (Phi) is 4.87. The third-order valence-corrected chi connectivity index (χ3v) is 1.40. The van der Waals surface area contributed by atoms with E-state index in [1.165, 1.54) is 0 Å². The molecule has 0 aromatic heterocycles. The molecule has 0 fully saturated rings. The van der Waals surface area contributed by atoms with E-state index in [4.69, 9.17) is 11.5 Å². The quantitative estimate of drug-likeness (QED) is 0.385. The van der Waals surface area contributed by atoms with Gasteiger partial charge >= 0.3 is 0 Å². The molecule has 12 heavy (non-hydrogen) atoms. The normalized spacial score (nSPS) is 12.1. The van der Waals surface area contributed by atoms with Crippen molar-refractivity contribution < 1.29 is 14.4 Å². The summed E-state index contributed by atoms with van der Waals surface area (Å²) in [4.78, 5) is 31.0. The molecule has 0 aliphatic heterocycles. The molecular weight excluding hydrogens is 160 g/mol. The predicted octanol–water partition coefficient (Wildman–Crippen LogP) is -1.26. The van der Waals surface area contributed by atoms with E-state index >= 15 is 0 Å². The lowest BCUT2D eigenvalue weighted by Crippen LogP contribution is -2.31. The fourth-order valence-electron chi connectivity index (χ4n) is 0.692. The minimum atomic E-state index is -0.748. The second-order valence-corrected chi connectivity index (χ2v) is 2.45. The van der Waals surface area contributed by atoms with Crippen LogP contribution in [0.25, 0.3) is 0 Å². The number of primary amides is 1. The van der Waals surface area contributed by atoms with Gasteiger partial charge in [-0.1, -0.05) is 0 Å². The van der Waals surface area contributed by atoms with Crippen molar-refractivity contribution in [3.63, 3.8) is 0 Å². The molecule has 0 unspecified atom stereocenters. The van der Waals surface area contributed by atoms with Crippen LogP contribution in [-0.2, 0) is 14.4 Å². The zero-order valence-electron chi connectivity index (χ0n) is 6.66. The maximum atomic E-state index is 10.8. The second kappa shape index (κ2) is 5.42. The number of hydrogen-bond acceptors (Lipinski definition) is 4. The fourth-order valence-corrected chi connectivity index (χ4v) is 0.692. The van der Waals surface area contributed by atoms with Crippen LogP contribution in [0.2, 0.25) is 0 Å². The summed E-state index contributed by atoms with van der Waals surface area (Å²) >= 11 is 0. The average Bonchev–Trinajstić information content (AvgIpc) is 2.00. The molecule has 0 bridgehead atoms. The van der Waals surface area contributed by atoms with E-state index in [1.807, 2.05) is 0 Å². The number of amides is 1. The first kappa shape index (κ1) is 10.8. The minimum Gasteiger partial charge on any atom is -0.370 e. The Morgan fingerprint density at radius 3 is 2.42 bits per heavy atom. The molecule has 0 saturated heterocycles. The summed E-state index contributed by atoms with van der Waals surface area (Å²) < 4.78 is 0. The van der Waals surface area contributed by atoms with Crippen LogP contribution in [0, 0.1) is 0 Å². The summed E-state index contributed by atoms with van der Waals surface area (Å²) in [5, 5.41) is 0. The molecule has 0 rings (SSSR count). The first-order valence-corrected chi connectivity index (χ1v) is 3.58. The van der Waals surface area contributed by atoms with E-state index in [-0.39, 0.29) is 25.0 Å². The van der Waals surface area contributed by atoms with E-state index in [2.05, 4.69) is 0 Å². The molecule has 0 radical (unpaired) electrons. The van der Waals surface area contributed by atoms with Gasteiger partial charge in [0.2, 0.25) is 5.91 Å². The lowest BCUT2D eigenvalue weighted by molar-refractivity contribution is -0.123. The van der Waals surface area contributed by atoms with E-state index in [1.54, 1.807) is 0 Å². The molecule has 5 nitrogen and oxygen atoms in total. The zero-order chi connectivity index (χ0) is 9.56. The van der Waals surface area contributed by atoms with E-state index < -0.39 is 11.9 Å². The average molecular weight is 172 g/mol. The van der Waals surface area contributed by atoms with Gasteiger partial charge in [-0.15, -0.1) is 0 Å². The molecular formula is C7H12N2O3. The van der Waals surface area contributed by atoms with Gasteiger partial charge in [0.25, 0.3) is 0 Å². The molecule has 0 aromatic rings. The maximum absolute atomic E-state index is 10.8. The van der Waals surface area contributed by atoms with E-state index in [0.717, 1.165) is 0 Å². The van der Waals surface area contributed by atoms with Gasteiger partial charge < -0.3 is 16.3 Å². The summed E-state index contributed by atoms with van der Waals surface area (Å²) in [6.07, 6.45) is 0.583. The van der Waals surface area contributed by atoms with Crippen molar-refractivity contribution in [2.45, 2.75) is 25.3 Å². The highest BCUT2D eigenvalue weighted by Crippen LogP contribution is 1.96. The van der Waals surface area contributed by atoms with Crippen LogP contribution in [0.5, 0.6) is 0 Å². The monoisotopic (exact) mass is 172 g/mol. The Hall–Kier alpha value is -1.23. The van der Waals surface area contributed by atoms with Crippen LogP contribution < -0.4 is 11.5 Å². The van der Waals surface area contributed by atoms with Crippen LogP contribution in [0.15, 0.2) is 0 Å². The molecule has 0 heterocycles. The second-order valence-electron chi connectivity index (χ2n) is 2.45. The molecule has 4 N–H and O–H groups in total. The van der Waals surface area contributed by atoms with Crippen LogP contribution in [0.1, 0.15) is 19.3 Å². The molecule has 0 saturated carbocycles. The number of carbonyl (C=O) groups is 3. The Balaban J connectivity index is 3.70. The van der Waals surface area contributed by atoms with Gasteiger partial charge in [0, 0.05) is 6.42 Å². The number of nitrogens with two attached hydrogens (primary N) is 2. The summed E-state index contributed by atoms with van der Waals surface area (Å²) in [6.45, 7) is 0. The van der Waals surface area contributed by atoms with Crippen molar-refractivity contribution in [2.24, 2.45) is 11.5 Å². The minimum absolute atomic E-state index is 0.0752. The van der Waals surface area contributed by atoms with Crippen molar-refractivity contribution in [1.82, 2.24) is 0 Å². The lowest BCUT2D eigenvalue weighted by Gasteiger charge is -2.05. The van der Waals surface area contributed by atoms with Gasteiger partial charge in [0.05, 0.1) is 12.5 Å². The molecule has 5 heteroatoms. The third kappa shape index (κ3) is 4.56.